The van der Waals surface area contributed by atoms with Crippen LogP contribution in [0.5, 0.6) is 5.75 Å². The summed E-state index contributed by atoms with van der Waals surface area (Å²) in [5.41, 5.74) is 1.38. The van der Waals surface area contributed by atoms with Crippen LogP contribution in [0.3, 0.4) is 0 Å². The first kappa shape index (κ1) is 22.7. The normalized spacial score (nSPS) is 12.1. The number of fused-ring (bicyclic) bond motifs is 1. The SMILES string of the molecule is COc1cc(-c2cc3ccccc3o2)ccc1C(=O)CS(=O)(=O)c1ccccc1S(N)(=O)=O. The average molecular weight is 486 g/mol. The molecule has 10 heteroatoms. The number of furan rings is 1. The summed E-state index contributed by atoms with van der Waals surface area (Å²) >= 11 is 0. The Morgan fingerprint density at radius 2 is 1.58 bits per heavy atom. The molecule has 0 spiro atoms. The maximum atomic E-state index is 12.9. The average Bonchev–Trinajstić information content (AvgIpc) is 3.22. The first-order valence-electron chi connectivity index (χ1n) is 9.65. The van der Waals surface area contributed by atoms with Crippen molar-refractivity contribution >= 4 is 36.6 Å². The van der Waals surface area contributed by atoms with Crippen LogP contribution in [0.25, 0.3) is 22.3 Å². The molecule has 8 nitrogen and oxygen atoms in total. The van der Waals surface area contributed by atoms with Gasteiger partial charge in [0.1, 0.15) is 27.7 Å². The van der Waals surface area contributed by atoms with E-state index in [2.05, 4.69) is 0 Å². The maximum Gasteiger partial charge on any atom is 0.239 e. The van der Waals surface area contributed by atoms with Gasteiger partial charge in [-0.05, 0) is 36.4 Å². The zero-order valence-corrected chi connectivity index (χ0v) is 19.0. The summed E-state index contributed by atoms with van der Waals surface area (Å²) < 4.78 is 60.5. The molecule has 0 unspecified atom stereocenters. The fraction of sp³-hybridized carbons (Fsp3) is 0.0870. The first-order chi connectivity index (χ1) is 15.6. The van der Waals surface area contributed by atoms with Crippen LogP contribution in [0, 0.1) is 0 Å². The number of Topliss-reactive ketones (excluding diaryl/α,β-unsaturated/α-hetero) is 1. The summed E-state index contributed by atoms with van der Waals surface area (Å²) in [7, 11) is -7.25. The summed E-state index contributed by atoms with van der Waals surface area (Å²) in [6, 6.07) is 18.9. The van der Waals surface area contributed by atoms with E-state index in [1.54, 1.807) is 12.1 Å². The van der Waals surface area contributed by atoms with Crippen LogP contribution in [-0.2, 0) is 19.9 Å². The van der Waals surface area contributed by atoms with Gasteiger partial charge in [0.25, 0.3) is 0 Å². The second-order valence-electron chi connectivity index (χ2n) is 7.24. The van der Waals surface area contributed by atoms with Crippen molar-refractivity contribution in [2.24, 2.45) is 5.14 Å². The standard InChI is InChI=1S/C23H19NO7S2/c1-30-21-13-16(20-12-15-6-2-3-7-19(15)31-20)10-11-17(21)18(25)14-32(26,27)22-8-4-5-9-23(22)33(24,28)29/h2-13H,14H2,1H3,(H2,24,28,29). The summed E-state index contributed by atoms with van der Waals surface area (Å²) in [6.07, 6.45) is 0. The maximum absolute atomic E-state index is 12.9. The zero-order valence-electron chi connectivity index (χ0n) is 17.4. The van der Waals surface area contributed by atoms with Gasteiger partial charge in [0.15, 0.2) is 15.6 Å². The molecule has 0 atom stereocenters. The number of benzene rings is 3. The van der Waals surface area contributed by atoms with Gasteiger partial charge >= 0.3 is 0 Å². The molecule has 0 saturated heterocycles. The molecule has 33 heavy (non-hydrogen) atoms. The predicted molar refractivity (Wildman–Crippen MR) is 122 cm³/mol. The lowest BCUT2D eigenvalue weighted by Crippen LogP contribution is -2.21. The molecule has 0 fully saturated rings. The Labute approximate surface area is 190 Å². The van der Waals surface area contributed by atoms with E-state index < -0.39 is 41.2 Å². The van der Waals surface area contributed by atoms with Crippen LogP contribution < -0.4 is 9.88 Å². The van der Waals surface area contributed by atoms with E-state index >= 15 is 0 Å². The van der Waals surface area contributed by atoms with Crippen LogP contribution >= 0.6 is 0 Å². The predicted octanol–water partition coefficient (Wildman–Crippen LogP) is 3.41. The van der Waals surface area contributed by atoms with Crippen LogP contribution in [0.2, 0.25) is 0 Å². The van der Waals surface area contributed by atoms with Crippen molar-refractivity contribution in [3.63, 3.8) is 0 Å². The second kappa shape index (κ2) is 8.47. The van der Waals surface area contributed by atoms with E-state index in [9.17, 15) is 21.6 Å². The van der Waals surface area contributed by atoms with Gasteiger partial charge in [-0.3, -0.25) is 4.79 Å². The quantitative estimate of drug-likeness (QED) is 0.397. The van der Waals surface area contributed by atoms with Gasteiger partial charge in [0.2, 0.25) is 10.0 Å². The molecule has 0 radical (unpaired) electrons. The number of sulfonamides is 1. The van der Waals surface area contributed by atoms with Gasteiger partial charge < -0.3 is 9.15 Å². The number of ether oxygens (including phenoxy) is 1. The number of primary sulfonamides is 1. The Morgan fingerprint density at radius 3 is 2.24 bits per heavy atom. The molecule has 170 valence electrons. The monoisotopic (exact) mass is 485 g/mol. The molecule has 3 aromatic carbocycles. The van der Waals surface area contributed by atoms with Gasteiger partial charge in [-0.15, -0.1) is 0 Å². The lowest BCUT2D eigenvalue weighted by molar-refractivity contribution is 0.101. The summed E-state index contributed by atoms with van der Waals surface area (Å²) in [6.45, 7) is 0. The highest BCUT2D eigenvalue weighted by molar-refractivity contribution is 7.94. The molecule has 0 saturated carbocycles. The second-order valence-corrected chi connectivity index (χ2v) is 10.7. The number of nitrogens with two attached hydrogens (primary N) is 1. The minimum Gasteiger partial charge on any atom is -0.496 e. The van der Waals surface area contributed by atoms with Gasteiger partial charge in [-0.2, -0.15) is 0 Å². The summed E-state index contributed by atoms with van der Waals surface area (Å²) in [5, 5.41) is 6.04. The first-order valence-corrected chi connectivity index (χ1v) is 12.8. The highest BCUT2D eigenvalue weighted by Gasteiger charge is 2.28. The van der Waals surface area contributed by atoms with E-state index in [1.807, 2.05) is 30.3 Å². The fourth-order valence-electron chi connectivity index (χ4n) is 3.47. The van der Waals surface area contributed by atoms with Gasteiger partial charge in [0.05, 0.1) is 17.6 Å². The Morgan fingerprint density at radius 1 is 0.909 bits per heavy atom. The van der Waals surface area contributed by atoms with E-state index in [-0.39, 0.29) is 11.3 Å². The summed E-state index contributed by atoms with van der Waals surface area (Å²) in [5.74, 6) is -0.997. The Balaban J connectivity index is 1.68. The fourth-order valence-corrected chi connectivity index (χ4v) is 6.13. The molecule has 1 heterocycles. The van der Waals surface area contributed by atoms with E-state index in [0.717, 1.165) is 17.5 Å². The molecule has 0 aliphatic rings. The van der Waals surface area contributed by atoms with Crippen molar-refractivity contribution in [2.75, 3.05) is 12.9 Å². The summed E-state index contributed by atoms with van der Waals surface area (Å²) in [4.78, 5) is 11.8. The number of ketones is 1. The lowest BCUT2D eigenvalue weighted by atomic mass is 10.1. The van der Waals surface area contributed by atoms with Crippen molar-refractivity contribution < 1.29 is 30.8 Å². The lowest BCUT2D eigenvalue weighted by Gasteiger charge is -2.11. The number of carbonyl (C=O) groups excluding carboxylic acids is 1. The molecule has 1 aromatic heterocycles. The number of rotatable bonds is 7. The van der Waals surface area contributed by atoms with Crippen molar-refractivity contribution in [3.8, 4) is 17.1 Å². The Hall–Kier alpha value is -3.47. The molecule has 4 rings (SSSR count). The molecule has 4 aromatic rings. The minimum absolute atomic E-state index is 0.0361. The van der Waals surface area contributed by atoms with Gasteiger partial charge in [-0.1, -0.05) is 36.4 Å². The van der Waals surface area contributed by atoms with Crippen molar-refractivity contribution in [1.29, 1.82) is 0 Å². The highest BCUT2D eigenvalue weighted by atomic mass is 32.2. The van der Waals surface area contributed by atoms with Crippen LogP contribution in [0.15, 0.2) is 87.0 Å². The van der Waals surface area contributed by atoms with Crippen molar-refractivity contribution in [2.45, 2.75) is 9.79 Å². The molecule has 0 amide bonds. The molecule has 0 aliphatic heterocycles. The van der Waals surface area contributed by atoms with E-state index in [0.29, 0.717) is 16.9 Å². The Bertz CT molecular complexity index is 1550. The van der Waals surface area contributed by atoms with Gasteiger partial charge in [-0.25, -0.2) is 22.0 Å². The highest BCUT2D eigenvalue weighted by Crippen LogP contribution is 2.32. The van der Waals surface area contributed by atoms with E-state index in [1.165, 1.54) is 25.3 Å². The third-order valence-corrected chi connectivity index (χ3v) is 7.79. The molecular formula is C23H19NO7S2. The van der Waals surface area contributed by atoms with Crippen molar-refractivity contribution in [3.05, 3.63) is 78.4 Å². The topological polar surface area (TPSA) is 134 Å². The Kier molecular flexibility index (Phi) is 5.83. The number of para-hydroxylation sites is 1. The van der Waals surface area contributed by atoms with E-state index in [4.69, 9.17) is 14.3 Å². The molecular weight excluding hydrogens is 466 g/mol. The minimum atomic E-state index is -4.31. The number of sulfone groups is 1. The zero-order chi connectivity index (χ0) is 23.8. The smallest absolute Gasteiger partial charge is 0.239 e. The van der Waals surface area contributed by atoms with Crippen LogP contribution in [0.4, 0.5) is 0 Å². The van der Waals surface area contributed by atoms with Crippen LogP contribution in [-0.4, -0.2) is 35.5 Å². The largest absolute Gasteiger partial charge is 0.496 e. The van der Waals surface area contributed by atoms with Crippen LogP contribution in [0.1, 0.15) is 10.4 Å². The number of carbonyl (C=O) groups is 1. The number of methoxy groups -OCH3 is 1. The molecule has 0 aliphatic carbocycles. The molecule has 2 N–H and O–H groups in total. The molecule has 0 bridgehead atoms. The number of hydrogen-bond acceptors (Lipinski definition) is 7. The van der Waals surface area contributed by atoms with Crippen molar-refractivity contribution in [1.82, 2.24) is 0 Å². The third kappa shape index (κ3) is 4.54. The van der Waals surface area contributed by atoms with Gasteiger partial charge in [0, 0.05) is 10.9 Å². The third-order valence-electron chi connectivity index (χ3n) is 5.02. The number of hydrogen-bond donors (Lipinski definition) is 1.